The van der Waals surface area contributed by atoms with Crippen LogP contribution in [0, 0.1) is 0 Å². The molecule has 0 radical (unpaired) electrons. The molecule has 13 heavy (non-hydrogen) atoms. The summed E-state index contributed by atoms with van der Waals surface area (Å²) in [5.74, 6) is -0.831. The molecule has 0 saturated heterocycles. The van der Waals surface area contributed by atoms with Gasteiger partial charge >= 0.3 is 5.97 Å². The van der Waals surface area contributed by atoms with Crippen LogP contribution in [-0.4, -0.2) is 33.5 Å². The quantitative estimate of drug-likeness (QED) is 0.554. The largest absolute Gasteiger partial charge is 0.481 e. The molecule has 2 atom stereocenters. The van der Waals surface area contributed by atoms with E-state index in [0.717, 1.165) is 0 Å². The number of aliphatic hydroxyl groups is 2. The lowest BCUT2D eigenvalue weighted by atomic mass is 10.1. The summed E-state index contributed by atoms with van der Waals surface area (Å²) >= 11 is 0. The van der Waals surface area contributed by atoms with Gasteiger partial charge in [-0.2, -0.15) is 0 Å². The number of carboxylic acid groups (broad SMARTS) is 1. The minimum Gasteiger partial charge on any atom is -0.481 e. The molecule has 0 aliphatic heterocycles. The van der Waals surface area contributed by atoms with Gasteiger partial charge in [-0.1, -0.05) is 0 Å². The summed E-state index contributed by atoms with van der Waals surface area (Å²) in [7, 11) is 0. The van der Waals surface area contributed by atoms with E-state index in [4.69, 9.17) is 10.2 Å². The van der Waals surface area contributed by atoms with Crippen LogP contribution in [0.1, 0.15) is 39.0 Å². The lowest BCUT2D eigenvalue weighted by Gasteiger charge is -2.10. The minimum absolute atomic E-state index is 0.103. The molecule has 3 N–H and O–H groups in total. The molecule has 0 saturated carbocycles. The van der Waals surface area contributed by atoms with Crippen molar-refractivity contribution < 1.29 is 20.1 Å². The highest BCUT2D eigenvalue weighted by atomic mass is 16.4. The lowest BCUT2D eigenvalue weighted by molar-refractivity contribution is -0.137. The van der Waals surface area contributed by atoms with Crippen LogP contribution in [0.4, 0.5) is 0 Å². The number of hydrogen-bond acceptors (Lipinski definition) is 3. The van der Waals surface area contributed by atoms with Crippen molar-refractivity contribution in [3.05, 3.63) is 0 Å². The summed E-state index contributed by atoms with van der Waals surface area (Å²) in [6.07, 6.45) is 1.33. The van der Waals surface area contributed by atoms with Crippen molar-refractivity contribution >= 4 is 5.97 Å². The van der Waals surface area contributed by atoms with Gasteiger partial charge in [-0.05, 0) is 32.6 Å². The van der Waals surface area contributed by atoms with Gasteiger partial charge in [-0.15, -0.1) is 0 Å². The average Bonchev–Trinajstić information content (AvgIpc) is 2.00. The third-order valence-electron chi connectivity index (χ3n) is 1.85. The fraction of sp³-hybridized carbons (Fsp3) is 0.889. The molecular weight excluding hydrogens is 172 g/mol. The van der Waals surface area contributed by atoms with E-state index in [0.29, 0.717) is 25.7 Å². The molecule has 0 aromatic heterocycles. The van der Waals surface area contributed by atoms with E-state index in [2.05, 4.69) is 0 Å². The van der Waals surface area contributed by atoms with Gasteiger partial charge in [0.2, 0.25) is 0 Å². The van der Waals surface area contributed by atoms with E-state index in [-0.39, 0.29) is 6.42 Å². The highest BCUT2D eigenvalue weighted by Crippen LogP contribution is 2.08. The zero-order chi connectivity index (χ0) is 10.3. The summed E-state index contributed by atoms with van der Waals surface area (Å²) in [6, 6.07) is 0. The summed E-state index contributed by atoms with van der Waals surface area (Å²) in [5, 5.41) is 26.5. The molecule has 0 rings (SSSR count). The highest BCUT2D eigenvalue weighted by molar-refractivity contribution is 5.66. The van der Waals surface area contributed by atoms with Crippen molar-refractivity contribution in [3.8, 4) is 0 Å². The molecule has 0 heterocycles. The normalized spacial score (nSPS) is 15.3. The van der Waals surface area contributed by atoms with Gasteiger partial charge in [0, 0.05) is 6.42 Å². The van der Waals surface area contributed by atoms with Gasteiger partial charge < -0.3 is 15.3 Å². The van der Waals surface area contributed by atoms with Gasteiger partial charge in [0.05, 0.1) is 12.2 Å². The van der Waals surface area contributed by atoms with Gasteiger partial charge in [-0.25, -0.2) is 0 Å². The van der Waals surface area contributed by atoms with Gasteiger partial charge in [-0.3, -0.25) is 4.79 Å². The Morgan fingerprint density at radius 2 is 1.85 bits per heavy atom. The summed E-state index contributed by atoms with van der Waals surface area (Å²) in [6.45, 7) is 1.67. The molecule has 0 aromatic rings. The van der Waals surface area contributed by atoms with E-state index in [1.54, 1.807) is 6.92 Å². The predicted octanol–water partition coefficient (Wildman–Crippen LogP) is 0.763. The second-order valence-corrected chi connectivity index (χ2v) is 3.37. The monoisotopic (exact) mass is 190 g/mol. The topological polar surface area (TPSA) is 77.8 Å². The van der Waals surface area contributed by atoms with Crippen LogP contribution in [0.25, 0.3) is 0 Å². The van der Waals surface area contributed by atoms with Crippen molar-refractivity contribution in [2.24, 2.45) is 0 Å². The Morgan fingerprint density at radius 3 is 2.31 bits per heavy atom. The molecule has 4 heteroatoms. The van der Waals surface area contributed by atoms with E-state index in [1.807, 2.05) is 0 Å². The van der Waals surface area contributed by atoms with Crippen LogP contribution in [0.5, 0.6) is 0 Å². The van der Waals surface area contributed by atoms with Crippen molar-refractivity contribution in [1.82, 2.24) is 0 Å². The van der Waals surface area contributed by atoms with Crippen LogP contribution in [0.3, 0.4) is 0 Å². The SMILES string of the molecule is CC(O)CCC(O)CCCC(=O)O. The molecule has 0 spiro atoms. The van der Waals surface area contributed by atoms with Gasteiger partial charge in [0.15, 0.2) is 0 Å². The number of carboxylic acids is 1. The zero-order valence-electron chi connectivity index (χ0n) is 7.94. The average molecular weight is 190 g/mol. The summed E-state index contributed by atoms with van der Waals surface area (Å²) in [4.78, 5) is 10.1. The Balaban J connectivity index is 3.29. The lowest BCUT2D eigenvalue weighted by Crippen LogP contribution is -2.11. The maximum atomic E-state index is 10.1. The molecule has 4 nitrogen and oxygen atoms in total. The zero-order valence-corrected chi connectivity index (χ0v) is 7.94. The fourth-order valence-corrected chi connectivity index (χ4v) is 1.07. The number of rotatable bonds is 7. The number of aliphatic hydroxyl groups excluding tert-OH is 2. The molecule has 0 aliphatic rings. The van der Waals surface area contributed by atoms with E-state index < -0.39 is 18.2 Å². The summed E-state index contributed by atoms with van der Waals surface area (Å²) < 4.78 is 0. The van der Waals surface area contributed by atoms with Crippen molar-refractivity contribution in [1.29, 1.82) is 0 Å². The molecule has 0 fully saturated rings. The van der Waals surface area contributed by atoms with Crippen LogP contribution >= 0.6 is 0 Å². The van der Waals surface area contributed by atoms with E-state index >= 15 is 0 Å². The molecule has 0 aromatic carbocycles. The van der Waals surface area contributed by atoms with Crippen molar-refractivity contribution in [2.75, 3.05) is 0 Å². The van der Waals surface area contributed by atoms with E-state index in [1.165, 1.54) is 0 Å². The first kappa shape index (κ1) is 12.4. The van der Waals surface area contributed by atoms with Gasteiger partial charge in [0.25, 0.3) is 0 Å². The Bertz CT molecular complexity index is 145. The van der Waals surface area contributed by atoms with E-state index in [9.17, 15) is 9.90 Å². The molecule has 0 aliphatic carbocycles. The fourth-order valence-electron chi connectivity index (χ4n) is 1.07. The van der Waals surface area contributed by atoms with Crippen LogP contribution in [0.15, 0.2) is 0 Å². The highest BCUT2D eigenvalue weighted by Gasteiger charge is 2.07. The molecule has 0 amide bonds. The maximum Gasteiger partial charge on any atom is 0.303 e. The third-order valence-corrected chi connectivity index (χ3v) is 1.85. The maximum absolute atomic E-state index is 10.1. The Morgan fingerprint density at radius 1 is 1.23 bits per heavy atom. The Labute approximate surface area is 78.2 Å². The summed E-state index contributed by atoms with van der Waals surface area (Å²) in [5.41, 5.74) is 0. The molecule has 2 unspecified atom stereocenters. The van der Waals surface area contributed by atoms with Crippen LogP contribution < -0.4 is 0 Å². The second kappa shape index (κ2) is 6.86. The first-order valence-corrected chi connectivity index (χ1v) is 4.60. The second-order valence-electron chi connectivity index (χ2n) is 3.37. The first-order valence-electron chi connectivity index (χ1n) is 4.60. The minimum atomic E-state index is -0.831. The molecular formula is C9H18O4. The van der Waals surface area contributed by atoms with Gasteiger partial charge in [0.1, 0.15) is 0 Å². The van der Waals surface area contributed by atoms with Crippen molar-refractivity contribution in [2.45, 2.75) is 51.2 Å². The number of aliphatic carboxylic acids is 1. The molecule has 78 valence electrons. The molecule has 0 bridgehead atoms. The predicted molar refractivity (Wildman–Crippen MR) is 48.4 cm³/mol. The van der Waals surface area contributed by atoms with Crippen LogP contribution in [0.2, 0.25) is 0 Å². The number of hydrogen-bond donors (Lipinski definition) is 3. The Hall–Kier alpha value is -0.610. The first-order chi connectivity index (χ1) is 6.02. The van der Waals surface area contributed by atoms with Crippen LogP contribution in [-0.2, 0) is 4.79 Å². The Kier molecular flexibility index (Phi) is 6.54. The smallest absolute Gasteiger partial charge is 0.303 e. The van der Waals surface area contributed by atoms with Crippen molar-refractivity contribution in [3.63, 3.8) is 0 Å². The third kappa shape index (κ3) is 9.30. The number of carbonyl (C=O) groups is 1. The standard InChI is InChI=1S/C9H18O4/c1-7(10)5-6-8(11)3-2-4-9(12)13/h7-8,10-11H,2-6H2,1H3,(H,12,13).